The van der Waals surface area contributed by atoms with E-state index in [1.165, 1.54) is 27.7 Å². The van der Waals surface area contributed by atoms with E-state index < -0.39 is 179 Å². The van der Waals surface area contributed by atoms with Gasteiger partial charge in [-0.15, -0.1) is 0 Å². The lowest BCUT2D eigenvalue weighted by Gasteiger charge is -2.50. The van der Waals surface area contributed by atoms with E-state index in [9.17, 15) is 65.8 Å². The number of esters is 1. The summed E-state index contributed by atoms with van der Waals surface area (Å²) in [6, 6.07) is -1.23. The number of carbonyl (C=O) groups excluding carboxylic acids is 2. The predicted molar refractivity (Wildman–Crippen MR) is 197 cm³/mol. The van der Waals surface area contributed by atoms with Gasteiger partial charge in [0.1, 0.15) is 97.6 Å². The summed E-state index contributed by atoms with van der Waals surface area (Å²) in [5.74, 6) is -1.50. The molecule has 0 saturated carbocycles. The lowest BCUT2D eigenvalue weighted by Crippen LogP contribution is -2.69. The van der Waals surface area contributed by atoms with Crippen LogP contribution in [0.1, 0.15) is 48.0 Å². The number of ether oxygens (including phenoxy) is 11. The van der Waals surface area contributed by atoms with Crippen molar-refractivity contribution in [3.63, 3.8) is 0 Å². The van der Waals surface area contributed by atoms with E-state index in [1.54, 1.807) is 0 Å². The van der Waals surface area contributed by atoms with Crippen LogP contribution in [0.5, 0.6) is 0 Å². The molecule has 5 aliphatic heterocycles. The standard InChI is InChI=1S/C37H63NO24/c1-7-8-52-33-18(38-14(5)41)28(23(47)17(10-40)57-33)59-37-32(56-15(6)42)30(21(45)13(4)55-37)61-36-31(25(49)19(43)11(2)54-36)62-35-27(51)29(20(44)12(3)53-35)60-34-26(50)24(48)22(46)16(9-39)58-34/h11-13,16-37,39-40,43-51H,7-10H2,1-6H3,(H,38,41)/t11?,12?,13?,16-,17?,18?,19+,20+,21+,22-,23+,24?,25-,26?,27?,28-,29-,30-,31?,32?,33-,34-,35+,36+,37+/m1/s1. The summed E-state index contributed by atoms with van der Waals surface area (Å²) in [4.78, 5) is 25.0. The zero-order valence-electron chi connectivity index (χ0n) is 35.0. The van der Waals surface area contributed by atoms with E-state index in [-0.39, 0.29) is 6.61 Å². The summed E-state index contributed by atoms with van der Waals surface area (Å²) in [7, 11) is 0. The van der Waals surface area contributed by atoms with Crippen molar-refractivity contribution in [1.82, 2.24) is 5.32 Å². The molecule has 5 heterocycles. The molecular weight excluding hydrogens is 842 g/mol. The van der Waals surface area contributed by atoms with Crippen LogP contribution < -0.4 is 5.32 Å². The molecule has 1 amide bonds. The van der Waals surface area contributed by atoms with Gasteiger partial charge in [0.05, 0.1) is 31.5 Å². The second kappa shape index (κ2) is 22.1. The van der Waals surface area contributed by atoms with Gasteiger partial charge in [-0.2, -0.15) is 0 Å². The van der Waals surface area contributed by atoms with Gasteiger partial charge in [-0.05, 0) is 27.2 Å². The maximum absolute atomic E-state index is 12.6. The van der Waals surface area contributed by atoms with Crippen molar-refractivity contribution >= 4 is 11.9 Å². The van der Waals surface area contributed by atoms with Crippen LogP contribution in [0.3, 0.4) is 0 Å². The monoisotopic (exact) mass is 905 g/mol. The van der Waals surface area contributed by atoms with Gasteiger partial charge < -0.3 is 114 Å². The highest BCUT2D eigenvalue weighted by atomic mass is 16.8. The maximum Gasteiger partial charge on any atom is 0.303 e. The average molecular weight is 906 g/mol. The molecule has 0 bridgehead atoms. The highest BCUT2D eigenvalue weighted by Crippen LogP contribution is 2.37. The van der Waals surface area contributed by atoms with E-state index in [2.05, 4.69) is 5.32 Å². The van der Waals surface area contributed by atoms with E-state index in [4.69, 9.17) is 52.1 Å². The largest absolute Gasteiger partial charge is 0.454 e. The van der Waals surface area contributed by atoms with Crippen LogP contribution in [-0.2, 0) is 61.7 Å². The van der Waals surface area contributed by atoms with Crippen LogP contribution in [0.2, 0.25) is 0 Å². The first-order valence-corrected chi connectivity index (χ1v) is 20.5. The number of rotatable bonds is 15. The molecule has 25 atom stereocenters. The summed E-state index contributed by atoms with van der Waals surface area (Å²) in [6.07, 6.45) is -38.6. The number of aliphatic hydroxyl groups excluding tert-OH is 11. The molecule has 5 aliphatic rings. The highest BCUT2D eigenvalue weighted by Gasteiger charge is 2.57. The fourth-order valence-corrected chi connectivity index (χ4v) is 7.89. The number of carbonyl (C=O) groups is 2. The van der Waals surface area contributed by atoms with Crippen LogP contribution in [-0.4, -0.2) is 241 Å². The molecule has 25 heteroatoms. The molecule has 0 aromatic heterocycles. The molecule has 360 valence electrons. The third-order valence-corrected chi connectivity index (χ3v) is 11.3. The van der Waals surface area contributed by atoms with E-state index in [0.29, 0.717) is 6.42 Å². The summed E-state index contributed by atoms with van der Waals surface area (Å²) in [6.45, 7) is 6.82. The van der Waals surface area contributed by atoms with Crippen molar-refractivity contribution < 1.29 is 118 Å². The normalized spacial score (nSPS) is 49.0. The second-order valence-corrected chi connectivity index (χ2v) is 16.1. The number of nitrogens with one attached hydrogen (secondary N) is 1. The molecule has 0 aliphatic carbocycles. The Morgan fingerprint density at radius 2 is 0.984 bits per heavy atom. The lowest BCUT2D eigenvalue weighted by atomic mass is 9.95. The molecule has 25 nitrogen and oxygen atoms in total. The van der Waals surface area contributed by atoms with Gasteiger partial charge in [-0.3, -0.25) is 9.59 Å². The lowest BCUT2D eigenvalue weighted by molar-refractivity contribution is -0.396. The van der Waals surface area contributed by atoms with E-state index in [0.717, 1.165) is 6.92 Å². The second-order valence-electron chi connectivity index (χ2n) is 16.1. The molecule has 10 unspecified atom stereocenters. The third kappa shape index (κ3) is 11.2. The maximum atomic E-state index is 12.6. The fraction of sp³-hybridized carbons (Fsp3) is 0.946. The van der Waals surface area contributed by atoms with Crippen LogP contribution in [0, 0.1) is 0 Å². The Balaban J connectivity index is 1.42. The van der Waals surface area contributed by atoms with Gasteiger partial charge in [-0.1, -0.05) is 6.92 Å². The third-order valence-electron chi connectivity index (χ3n) is 11.3. The molecule has 0 aromatic rings. The number of amides is 1. The van der Waals surface area contributed by atoms with Crippen LogP contribution >= 0.6 is 0 Å². The SMILES string of the molecule is CCCO[C@@H]1OC(CO)[C@H](O)[C@H](O[C@@H]2OC(C)[C@H](O)[C@@H](O[C@@H]3OC(C)[C@H](O)[C@@H](O)C3O[C@@H]3OC(C)[C@H](O)[C@@H](O[C@H]4O[C@H](CO)[C@@H](O)C(O)C4O)C3O)C2OC(C)=O)C1NC(C)=O. The van der Waals surface area contributed by atoms with Crippen molar-refractivity contribution in [2.45, 2.75) is 201 Å². The van der Waals surface area contributed by atoms with Gasteiger partial charge in [0, 0.05) is 20.5 Å². The molecule has 0 radical (unpaired) electrons. The van der Waals surface area contributed by atoms with Gasteiger partial charge in [0.15, 0.2) is 37.6 Å². The summed E-state index contributed by atoms with van der Waals surface area (Å²) in [5, 5.41) is 121. The smallest absolute Gasteiger partial charge is 0.303 e. The number of hydrogen-bond donors (Lipinski definition) is 12. The molecule has 5 fully saturated rings. The quantitative estimate of drug-likeness (QED) is 0.0680. The molecule has 62 heavy (non-hydrogen) atoms. The Bertz CT molecular complexity index is 1430. The molecule has 0 spiro atoms. The molecule has 12 N–H and O–H groups in total. The molecule has 0 aromatic carbocycles. The summed E-state index contributed by atoms with van der Waals surface area (Å²) < 4.78 is 64.3. The highest BCUT2D eigenvalue weighted by molar-refractivity contribution is 5.73. The van der Waals surface area contributed by atoms with Crippen molar-refractivity contribution in [1.29, 1.82) is 0 Å². The van der Waals surface area contributed by atoms with Crippen LogP contribution in [0.15, 0.2) is 0 Å². The Kier molecular flexibility index (Phi) is 18.2. The Morgan fingerprint density at radius 3 is 1.56 bits per heavy atom. The van der Waals surface area contributed by atoms with Crippen LogP contribution in [0.25, 0.3) is 0 Å². The average Bonchev–Trinajstić information content (AvgIpc) is 3.22. The van der Waals surface area contributed by atoms with Gasteiger partial charge in [-0.25, -0.2) is 0 Å². The Morgan fingerprint density at radius 1 is 0.500 bits per heavy atom. The van der Waals surface area contributed by atoms with E-state index in [1.807, 2.05) is 6.92 Å². The van der Waals surface area contributed by atoms with E-state index >= 15 is 0 Å². The predicted octanol–water partition coefficient (Wildman–Crippen LogP) is -6.69. The first kappa shape index (κ1) is 51.1. The van der Waals surface area contributed by atoms with Crippen molar-refractivity contribution in [3.05, 3.63) is 0 Å². The zero-order chi connectivity index (χ0) is 45.9. The Labute approximate surface area is 356 Å². The fourth-order valence-electron chi connectivity index (χ4n) is 7.89. The van der Waals surface area contributed by atoms with Crippen LogP contribution in [0.4, 0.5) is 0 Å². The first-order valence-electron chi connectivity index (χ1n) is 20.5. The zero-order valence-corrected chi connectivity index (χ0v) is 35.0. The van der Waals surface area contributed by atoms with Gasteiger partial charge >= 0.3 is 5.97 Å². The first-order chi connectivity index (χ1) is 29.2. The molecule has 5 saturated heterocycles. The van der Waals surface area contributed by atoms with Gasteiger partial charge in [0.2, 0.25) is 5.91 Å². The Hall–Kier alpha value is -1.90. The number of aliphatic hydroxyl groups is 11. The van der Waals surface area contributed by atoms with Crippen molar-refractivity contribution in [2.75, 3.05) is 19.8 Å². The van der Waals surface area contributed by atoms with Gasteiger partial charge in [0.25, 0.3) is 0 Å². The minimum atomic E-state index is -1.99. The summed E-state index contributed by atoms with van der Waals surface area (Å²) in [5.41, 5.74) is 0. The van der Waals surface area contributed by atoms with Crippen molar-refractivity contribution in [3.8, 4) is 0 Å². The number of hydrogen-bond acceptors (Lipinski definition) is 24. The topological polar surface area (TPSA) is 370 Å². The summed E-state index contributed by atoms with van der Waals surface area (Å²) >= 11 is 0. The minimum absolute atomic E-state index is 0.148. The minimum Gasteiger partial charge on any atom is -0.454 e. The molecule has 5 rings (SSSR count). The molecular formula is C37H63NO24. The van der Waals surface area contributed by atoms with Crippen molar-refractivity contribution in [2.24, 2.45) is 0 Å².